The van der Waals surface area contributed by atoms with Gasteiger partial charge in [0, 0.05) is 6.42 Å². The van der Waals surface area contributed by atoms with Crippen molar-refractivity contribution in [2.75, 3.05) is 13.7 Å². The first-order chi connectivity index (χ1) is 15.3. The molecule has 0 saturated heterocycles. The van der Waals surface area contributed by atoms with Crippen LogP contribution in [0.2, 0.25) is 0 Å². The summed E-state index contributed by atoms with van der Waals surface area (Å²) < 4.78 is 15.9. The van der Waals surface area contributed by atoms with E-state index >= 15 is 0 Å². The zero-order valence-electron chi connectivity index (χ0n) is 21.1. The van der Waals surface area contributed by atoms with Crippen LogP contribution in [0.25, 0.3) is 0 Å². The van der Waals surface area contributed by atoms with E-state index in [0.717, 1.165) is 0 Å². The molecule has 1 N–H and O–H groups in total. The molecule has 0 aromatic carbocycles. The van der Waals surface area contributed by atoms with Crippen LogP contribution < -0.4 is 0 Å². The Morgan fingerprint density at radius 2 is 1.21 bits per heavy atom. The van der Waals surface area contributed by atoms with E-state index in [1.807, 2.05) is 0 Å². The minimum absolute atomic E-state index is 0.0521. The molecule has 0 aliphatic rings. The second-order valence-electron chi connectivity index (χ2n) is 9.50. The Balaban J connectivity index is 5.98. The number of hydrogen-bond acceptors (Lipinski definition) is 7. The number of esters is 3. The molecular formula is C26H40O7. The first-order valence-electron chi connectivity index (χ1n) is 11.1. The molecule has 0 amide bonds. The molecule has 186 valence electrons. The maximum Gasteiger partial charge on any atom is 0.324 e. The zero-order chi connectivity index (χ0) is 25.5. The number of carbonyl (C=O) groups excluding carboxylic acids is 3. The highest BCUT2D eigenvalue weighted by Crippen LogP contribution is 2.35. The molecule has 0 aliphatic heterocycles. The smallest absolute Gasteiger partial charge is 0.324 e. The molecule has 7 heteroatoms. The lowest BCUT2D eigenvalue weighted by molar-refractivity contribution is -0.185. The third kappa shape index (κ3) is 13.5. The van der Waals surface area contributed by atoms with Gasteiger partial charge in [-0.15, -0.1) is 0 Å². The molecule has 33 heavy (non-hydrogen) atoms. The molecule has 0 radical (unpaired) electrons. The summed E-state index contributed by atoms with van der Waals surface area (Å²) in [6, 6.07) is 0. The lowest BCUT2D eigenvalue weighted by Crippen LogP contribution is -2.46. The SMILES string of the molecule is COC(=O)CC/C=C/CC(C/C=C/C=C/C=C\CO)(C(=O)OC(C)(C)C)C(=O)OC(C)(C)C. The van der Waals surface area contributed by atoms with Gasteiger partial charge in [-0.05, 0) is 60.8 Å². The van der Waals surface area contributed by atoms with Crippen molar-refractivity contribution in [3.8, 4) is 0 Å². The molecule has 0 spiro atoms. The molecule has 0 saturated carbocycles. The average molecular weight is 465 g/mol. The highest BCUT2D eigenvalue weighted by atomic mass is 16.6. The molecule has 7 nitrogen and oxygen atoms in total. The number of allylic oxidation sites excluding steroid dienone is 7. The van der Waals surface area contributed by atoms with Crippen LogP contribution in [0.4, 0.5) is 0 Å². The van der Waals surface area contributed by atoms with Crippen molar-refractivity contribution in [3.05, 3.63) is 48.6 Å². The summed E-state index contributed by atoms with van der Waals surface area (Å²) in [5, 5.41) is 8.77. The number of carbonyl (C=O) groups is 3. The van der Waals surface area contributed by atoms with Crippen molar-refractivity contribution in [1.82, 2.24) is 0 Å². The Hall–Kier alpha value is -2.67. The summed E-state index contributed by atoms with van der Waals surface area (Å²) in [6.45, 7) is 10.4. The maximum atomic E-state index is 13.3. The van der Waals surface area contributed by atoms with Gasteiger partial charge in [0.2, 0.25) is 0 Å². The molecule has 0 aromatic rings. The molecule has 0 bridgehead atoms. The maximum absolute atomic E-state index is 13.3. The summed E-state index contributed by atoms with van der Waals surface area (Å²) in [6.07, 6.45) is 14.3. The van der Waals surface area contributed by atoms with Gasteiger partial charge in [0.05, 0.1) is 13.7 Å². The fraction of sp³-hybridized carbons (Fsp3) is 0.577. The number of rotatable bonds is 12. The van der Waals surface area contributed by atoms with Crippen LogP contribution in [-0.2, 0) is 28.6 Å². The minimum atomic E-state index is -1.59. The number of hydrogen-bond donors (Lipinski definition) is 1. The lowest BCUT2D eigenvalue weighted by Gasteiger charge is -2.33. The van der Waals surface area contributed by atoms with Crippen LogP contribution in [0, 0.1) is 5.41 Å². The zero-order valence-corrected chi connectivity index (χ0v) is 21.1. The van der Waals surface area contributed by atoms with Crippen molar-refractivity contribution in [1.29, 1.82) is 0 Å². The van der Waals surface area contributed by atoms with E-state index in [1.165, 1.54) is 7.11 Å². The average Bonchev–Trinajstić information content (AvgIpc) is 2.68. The standard InChI is InChI=1S/C26H40O7/c1-24(2,3)32-22(29)26(23(30)33-25(4,5)6,18-14-10-8-9-11-16-20-27)19-15-12-13-17-21(28)31-7/h8-12,14-16,27H,13,17-20H2,1-7H3/b9-8+,14-10+,15-12+,16-11-. The first kappa shape index (κ1) is 30.3. The van der Waals surface area contributed by atoms with E-state index in [1.54, 1.807) is 90.2 Å². The van der Waals surface area contributed by atoms with Crippen LogP contribution in [0.3, 0.4) is 0 Å². The van der Waals surface area contributed by atoms with Crippen LogP contribution in [0.1, 0.15) is 67.2 Å². The molecule has 0 atom stereocenters. The van der Waals surface area contributed by atoms with Gasteiger partial charge in [0.15, 0.2) is 5.41 Å². The Bertz CT molecular complexity index is 716. The number of methoxy groups -OCH3 is 1. The summed E-state index contributed by atoms with van der Waals surface area (Å²) in [4.78, 5) is 38.0. The normalized spacial score (nSPS) is 13.3. The molecule has 0 rings (SSSR count). The fourth-order valence-corrected chi connectivity index (χ4v) is 2.57. The van der Waals surface area contributed by atoms with Gasteiger partial charge in [-0.2, -0.15) is 0 Å². The van der Waals surface area contributed by atoms with Gasteiger partial charge in [-0.25, -0.2) is 0 Å². The van der Waals surface area contributed by atoms with Crippen molar-refractivity contribution >= 4 is 17.9 Å². The first-order valence-corrected chi connectivity index (χ1v) is 11.1. The minimum Gasteiger partial charge on any atom is -0.469 e. The lowest BCUT2D eigenvalue weighted by atomic mass is 9.80. The van der Waals surface area contributed by atoms with Gasteiger partial charge < -0.3 is 19.3 Å². The number of ether oxygens (including phenoxy) is 3. The highest BCUT2D eigenvalue weighted by molar-refractivity contribution is 6.00. The number of aliphatic hydroxyl groups excluding tert-OH is 1. The van der Waals surface area contributed by atoms with Crippen LogP contribution >= 0.6 is 0 Å². The summed E-state index contributed by atoms with van der Waals surface area (Å²) in [5.41, 5.74) is -3.18. The van der Waals surface area contributed by atoms with Crippen molar-refractivity contribution in [3.63, 3.8) is 0 Å². The second-order valence-corrected chi connectivity index (χ2v) is 9.50. The molecule has 0 fully saturated rings. The monoisotopic (exact) mass is 464 g/mol. The Morgan fingerprint density at radius 3 is 1.67 bits per heavy atom. The second kappa shape index (κ2) is 14.5. The van der Waals surface area contributed by atoms with Crippen molar-refractivity contribution < 1.29 is 33.7 Å². The Labute approximate surface area is 198 Å². The van der Waals surface area contributed by atoms with Gasteiger partial charge in [0.1, 0.15) is 11.2 Å². The number of aliphatic hydroxyl groups is 1. The molecular weight excluding hydrogens is 424 g/mol. The van der Waals surface area contributed by atoms with E-state index in [0.29, 0.717) is 6.42 Å². The predicted octanol–water partition coefficient (Wildman–Crippen LogP) is 4.61. The van der Waals surface area contributed by atoms with Crippen LogP contribution in [0.5, 0.6) is 0 Å². The van der Waals surface area contributed by atoms with Crippen molar-refractivity contribution in [2.45, 2.75) is 78.4 Å². The van der Waals surface area contributed by atoms with E-state index in [4.69, 9.17) is 14.6 Å². The van der Waals surface area contributed by atoms with E-state index in [2.05, 4.69) is 4.74 Å². The van der Waals surface area contributed by atoms with Gasteiger partial charge >= 0.3 is 17.9 Å². The van der Waals surface area contributed by atoms with Gasteiger partial charge in [-0.3, -0.25) is 14.4 Å². The molecule has 0 aromatic heterocycles. The Morgan fingerprint density at radius 1 is 0.727 bits per heavy atom. The Kier molecular flexibility index (Phi) is 13.3. The largest absolute Gasteiger partial charge is 0.469 e. The highest BCUT2D eigenvalue weighted by Gasteiger charge is 2.49. The van der Waals surface area contributed by atoms with E-state index in [9.17, 15) is 14.4 Å². The summed E-state index contributed by atoms with van der Waals surface area (Å²) >= 11 is 0. The third-order valence-corrected chi connectivity index (χ3v) is 4.13. The summed E-state index contributed by atoms with van der Waals surface area (Å²) in [5.74, 6) is -1.68. The topological polar surface area (TPSA) is 99.1 Å². The van der Waals surface area contributed by atoms with Crippen LogP contribution in [-0.4, -0.2) is 47.9 Å². The third-order valence-electron chi connectivity index (χ3n) is 4.13. The van der Waals surface area contributed by atoms with E-state index in [-0.39, 0.29) is 31.8 Å². The summed E-state index contributed by atoms with van der Waals surface area (Å²) in [7, 11) is 1.32. The van der Waals surface area contributed by atoms with Gasteiger partial charge in [0.25, 0.3) is 0 Å². The molecule has 0 unspecified atom stereocenters. The quantitative estimate of drug-likeness (QED) is 0.148. The fourth-order valence-electron chi connectivity index (χ4n) is 2.57. The molecule has 0 aliphatic carbocycles. The van der Waals surface area contributed by atoms with Crippen molar-refractivity contribution in [2.24, 2.45) is 5.41 Å². The predicted molar refractivity (Wildman–Crippen MR) is 128 cm³/mol. The van der Waals surface area contributed by atoms with Gasteiger partial charge in [-0.1, -0.05) is 48.6 Å². The van der Waals surface area contributed by atoms with E-state index < -0.39 is 28.6 Å². The molecule has 0 heterocycles. The van der Waals surface area contributed by atoms with Crippen LogP contribution in [0.15, 0.2) is 48.6 Å².